The van der Waals surface area contributed by atoms with Crippen LogP contribution >= 0.6 is 0 Å². The molecule has 1 N–H and O–H groups in total. The highest BCUT2D eigenvalue weighted by molar-refractivity contribution is 5.73. The van der Waals surface area contributed by atoms with Crippen LogP contribution in [0, 0.1) is 10.1 Å². The fourth-order valence-electron chi connectivity index (χ4n) is 2.62. The van der Waals surface area contributed by atoms with Gasteiger partial charge in [-0.25, -0.2) is 0 Å². The highest BCUT2D eigenvalue weighted by Crippen LogP contribution is 2.34. The third-order valence-corrected chi connectivity index (χ3v) is 3.83. The molecule has 0 amide bonds. The van der Waals surface area contributed by atoms with E-state index in [4.69, 9.17) is 14.0 Å². The summed E-state index contributed by atoms with van der Waals surface area (Å²) in [5.41, 5.74) is 3.05. The Labute approximate surface area is 147 Å². The van der Waals surface area contributed by atoms with Crippen molar-refractivity contribution in [2.24, 2.45) is 0 Å². The van der Waals surface area contributed by atoms with Gasteiger partial charge < -0.3 is 19.3 Å². The van der Waals surface area contributed by atoms with Crippen LogP contribution in [0.15, 0.2) is 71.8 Å². The molecule has 0 aliphatic carbocycles. The molecular formula is C18H13N3O5. The van der Waals surface area contributed by atoms with E-state index < -0.39 is 11.2 Å². The second-order valence-corrected chi connectivity index (χ2v) is 5.50. The third kappa shape index (κ3) is 3.07. The van der Waals surface area contributed by atoms with Gasteiger partial charge in [0.15, 0.2) is 0 Å². The van der Waals surface area contributed by atoms with Gasteiger partial charge in [-0.2, -0.15) is 0 Å². The molecular weight excluding hydrogens is 338 g/mol. The Bertz CT molecular complexity index is 961. The number of nitrogens with one attached hydrogen (secondary N) is 1. The van der Waals surface area contributed by atoms with Crippen molar-refractivity contribution in [3.8, 4) is 11.3 Å². The molecule has 8 nitrogen and oxygen atoms in total. The van der Waals surface area contributed by atoms with Gasteiger partial charge >= 0.3 is 0 Å². The van der Waals surface area contributed by atoms with E-state index in [1.807, 2.05) is 24.3 Å². The van der Waals surface area contributed by atoms with Crippen LogP contribution in [0.25, 0.3) is 11.3 Å². The van der Waals surface area contributed by atoms with E-state index in [1.165, 1.54) is 24.9 Å². The minimum absolute atomic E-state index is 0.0755. The predicted molar refractivity (Wildman–Crippen MR) is 92.4 cm³/mol. The van der Waals surface area contributed by atoms with Gasteiger partial charge in [0.1, 0.15) is 30.2 Å². The molecule has 2 aromatic carbocycles. The molecule has 0 bridgehead atoms. The van der Waals surface area contributed by atoms with Crippen LogP contribution in [-0.4, -0.2) is 10.1 Å². The molecule has 2 heterocycles. The zero-order valence-corrected chi connectivity index (χ0v) is 13.4. The van der Waals surface area contributed by atoms with Crippen molar-refractivity contribution < 1.29 is 18.9 Å². The molecule has 4 rings (SSSR count). The van der Waals surface area contributed by atoms with Gasteiger partial charge in [-0.05, 0) is 24.3 Å². The second-order valence-electron chi connectivity index (χ2n) is 5.50. The maximum absolute atomic E-state index is 11.5. The van der Waals surface area contributed by atoms with Gasteiger partial charge in [-0.3, -0.25) is 10.1 Å². The summed E-state index contributed by atoms with van der Waals surface area (Å²) in [7, 11) is 0. The Morgan fingerprint density at radius 2 is 1.92 bits per heavy atom. The van der Waals surface area contributed by atoms with Crippen LogP contribution in [0.5, 0.6) is 0 Å². The van der Waals surface area contributed by atoms with Crippen molar-refractivity contribution in [1.82, 2.24) is 5.16 Å². The van der Waals surface area contributed by atoms with Crippen LogP contribution in [-0.2, 0) is 9.47 Å². The average Bonchev–Trinajstić information content (AvgIpc) is 3.36. The summed E-state index contributed by atoms with van der Waals surface area (Å²) < 4.78 is 15.3. The molecule has 3 aromatic rings. The van der Waals surface area contributed by atoms with Crippen molar-refractivity contribution >= 4 is 17.1 Å². The van der Waals surface area contributed by atoms with Crippen LogP contribution < -0.4 is 5.32 Å². The molecule has 0 atom stereocenters. The van der Waals surface area contributed by atoms with Crippen molar-refractivity contribution in [3.05, 3.63) is 83.0 Å². The first-order valence-electron chi connectivity index (χ1n) is 7.73. The van der Waals surface area contributed by atoms with Crippen LogP contribution in [0.4, 0.5) is 17.1 Å². The van der Waals surface area contributed by atoms with Crippen LogP contribution in [0.1, 0.15) is 11.9 Å². The van der Waals surface area contributed by atoms with E-state index >= 15 is 0 Å². The van der Waals surface area contributed by atoms with E-state index in [9.17, 15) is 10.1 Å². The minimum Gasteiger partial charge on any atom is -0.455 e. The Kier molecular flexibility index (Phi) is 3.98. The second kappa shape index (κ2) is 6.60. The Balaban J connectivity index is 1.63. The Hall–Kier alpha value is -3.81. The number of nitro benzene ring substituents is 1. The van der Waals surface area contributed by atoms with Crippen LogP contribution in [0.2, 0.25) is 0 Å². The SMILES string of the molecule is O=[N+]([O-])c1cc(C2OC=CO2)ccc1Nc1cccc(-c2ccon2)c1. The Morgan fingerprint density at radius 1 is 1.08 bits per heavy atom. The van der Waals surface area contributed by atoms with E-state index in [0.717, 1.165) is 5.56 Å². The molecule has 26 heavy (non-hydrogen) atoms. The topological polar surface area (TPSA) is 99.7 Å². The number of rotatable bonds is 5. The molecule has 1 aromatic heterocycles. The number of nitro groups is 1. The molecule has 130 valence electrons. The van der Waals surface area contributed by atoms with Gasteiger partial charge in [-0.15, -0.1) is 0 Å². The lowest BCUT2D eigenvalue weighted by Crippen LogP contribution is -2.02. The zero-order chi connectivity index (χ0) is 17.9. The average molecular weight is 351 g/mol. The normalized spacial score (nSPS) is 13.2. The number of anilines is 2. The highest BCUT2D eigenvalue weighted by Gasteiger charge is 2.22. The Morgan fingerprint density at radius 3 is 2.65 bits per heavy atom. The molecule has 0 radical (unpaired) electrons. The molecule has 1 aliphatic heterocycles. The quantitative estimate of drug-likeness (QED) is 0.533. The molecule has 1 aliphatic rings. The molecule has 0 saturated carbocycles. The van der Waals surface area contributed by atoms with Crippen molar-refractivity contribution in [3.63, 3.8) is 0 Å². The van der Waals surface area contributed by atoms with Gasteiger partial charge in [0.25, 0.3) is 12.0 Å². The molecule has 8 heteroatoms. The maximum atomic E-state index is 11.5. The van der Waals surface area contributed by atoms with Gasteiger partial charge in [0.2, 0.25) is 0 Å². The smallest absolute Gasteiger partial charge is 0.293 e. The summed E-state index contributed by atoms with van der Waals surface area (Å²) in [6.45, 7) is 0. The lowest BCUT2D eigenvalue weighted by molar-refractivity contribution is -0.384. The number of ether oxygens (including phenoxy) is 2. The van der Waals surface area contributed by atoms with Crippen molar-refractivity contribution in [2.75, 3.05) is 5.32 Å². The fourth-order valence-corrected chi connectivity index (χ4v) is 2.62. The van der Waals surface area contributed by atoms with Gasteiger partial charge in [-0.1, -0.05) is 17.3 Å². The minimum atomic E-state index is -0.668. The number of aromatic nitrogens is 1. The molecule has 0 saturated heterocycles. The molecule has 0 unspecified atom stereocenters. The monoisotopic (exact) mass is 351 g/mol. The summed E-state index contributed by atoms with van der Waals surface area (Å²) in [5.74, 6) is 0. The lowest BCUT2D eigenvalue weighted by Gasteiger charge is -2.13. The summed E-state index contributed by atoms with van der Waals surface area (Å²) in [5, 5.41) is 18.4. The first kappa shape index (κ1) is 15.7. The van der Waals surface area contributed by atoms with Gasteiger partial charge in [0, 0.05) is 28.9 Å². The lowest BCUT2D eigenvalue weighted by atomic mass is 10.1. The largest absolute Gasteiger partial charge is 0.455 e. The zero-order valence-electron chi connectivity index (χ0n) is 13.4. The first-order valence-corrected chi connectivity index (χ1v) is 7.73. The number of benzene rings is 2. The summed E-state index contributed by atoms with van der Waals surface area (Å²) in [6.07, 6.45) is 3.62. The molecule has 0 spiro atoms. The number of hydrogen-bond donors (Lipinski definition) is 1. The number of hydrogen-bond acceptors (Lipinski definition) is 7. The first-order chi connectivity index (χ1) is 12.7. The van der Waals surface area contributed by atoms with E-state index in [1.54, 1.807) is 18.2 Å². The van der Waals surface area contributed by atoms with E-state index in [0.29, 0.717) is 22.6 Å². The van der Waals surface area contributed by atoms with E-state index in [-0.39, 0.29) is 5.69 Å². The van der Waals surface area contributed by atoms with Crippen molar-refractivity contribution in [2.45, 2.75) is 6.29 Å². The molecule has 0 fully saturated rings. The highest BCUT2D eigenvalue weighted by atomic mass is 16.7. The standard InChI is InChI=1S/C18H13N3O5/c22-21(23)17-11-13(18-24-8-9-25-18)4-5-16(17)19-14-3-1-2-12(10-14)15-6-7-26-20-15/h1-11,18-19H. The van der Waals surface area contributed by atoms with Gasteiger partial charge in [0.05, 0.1) is 4.92 Å². The fraction of sp³-hybridized carbons (Fsp3) is 0.0556. The summed E-state index contributed by atoms with van der Waals surface area (Å²) >= 11 is 0. The van der Waals surface area contributed by atoms with E-state index in [2.05, 4.69) is 10.5 Å². The predicted octanol–water partition coefficient (Wildman–Crippen LogP) is 4.51. The summed E-state index contributed by atoms with van der Waals surface area (Å²) in [6, 6.07) is 13.9. The van der Waals surface area contributed by atoms with Crippen molar-refractivity contribution in [1.29, 1.82) is 0 Å². The maximum Gasteiger partial charge on any atom is 0.293 e. The third-order valence-electron chi connectivity index (χ3n) is 3.83. The van der Waals surface area contributed by atoms with Crippen LogP contribution in [0.3, 0.4) is 0 Å². The summed E-state index contributed by atoms with van der Waals surface area (Å²) in [4.78, 5) is 11.0. The number of nitrogens with zero attached hydrogens (tertiary/aromatic N) is 2.